The van der Waals surface area contributed by atoms with E-state index in [2.05, 4.69) is 4.98 Å². The molecule has 174 valence electrons. The van der Waals surface area contributed by atoms with E-state index in [1.54, 1.807) is 30.5 Å². The molecule has 1 fully saturated rings. The molecule has 1 unspecified atom stereocenters. The number of aliphatic hydroxyl groups is 1. The Kier molecular flexibility index (Phi) is 4.84. The number of rotatable bonds is 3. The largest absolute Gasteiger partial charge is 0.507 e. The first-order valence-corrected chi connectivity index (χ1v) is 11.4. The number of aryl methyl sites for hydroxylation is 1. The van der Waals surface area contributed by atoms with Gasteiger partial charge in [0.1, 0.15) is 19.0 Å². The molecular weight excluding hydrogens is 444 g/mol. The number of Topliss-reactive ketones (excluding diaryl/α,β-unsaturated/α-hetero) is 1. The quantitative estimate of drug-likeness (QED) is 0.255. The average molecular weight is 466 g/mol. The number of anilines is 1. The van der Waals surface area contributed by atoms with Crippen LogP contribution in [0.3, 0.4) is 0 Å². The molecule has 1 atom stereocenters. The molecule has 0 spiro atoms. The number of para-hydroxylation sites is 1. The maximum Gasteiger partial charge on any atom is 0.300 e. The second kappa shape index (κ2) is 8.06. The summed E-state index contributed by atoms with van der Waals surface area (Å²) in [6.07, 6.45) is 1.79. The van der Waals surface area contributed by atoms with Crippen LogP contribution in [0.1, 0.15) is 22.7 Å². The van der Waals surface area contributed by atoms with E-state index in [0.717, 1.165) is 22.0 Å². The lowest BCUT2D eigenvalue weighted by Gasteiger charge is -2.25. The zero-order valence-electron chi connectivity index (χ0n) is 18.9. The van der Waals surface area contributed by atoms with Crippen LogP contribution in [0.5, 0.6) is 11.5 Å². The summed E-state index contributed by atoms with van der Waals surface area (Å²) in [7, 11) is 0. The van der Waals surface area contributed by atoms with Crippen molar-refractivity contribution >= 4 is 34.0 Å². The molecular formula is C28H22N2O5. The minimum Gasteiger partial charge on any atom is -0.507 e. The van der Waals surface area contributed by atoms with Crippen molar-refractivity contribution in [2.75, 3.05) is 18.1 Å². The van der Waals surface area contributed by atoms with Gasteiger partial charge in [-0.15, -0.1) is 0 Å². The molecule has 2 aliphatic rings. The monoisotopic (exact) mass is 466 g/mol. The van der Waals surface area contributed by atoms with Gasteiger partial charge in [0.05, 0.1) is 11.6 Å². The number of benzene rings is 3. The number of nitrogens with zero attached hydrogens (tertiary/aromatic N) is 1. The van der Waals surface area contributed by atoms with Crippen molar-refractivity contribution in [1.82, 2.24) is 4.98 Å². The highest BCUT2D eigenvalue weighted by molar-refractivity contribution is 6.51. The summed E-state index contributed by atoms with van der Waals surface area (Å²) >= 11 is 0. The van der Waals surface area contributed by atoms with Crippen LogP contribution in [0.2, 0.25) is 0 Å². The van der Waals surface area contributed by atoms with Gasteiger partial charge in [0, 0.05) is 33.9 Å². The molecule has 2 N–H and O–H groups in total. The van der Waals surface area contributed by atoms with Gasteiger partial charge >= 0.3 is 0 Å². The number of carbonyl (C=O) groups is 2. The van der Waals surface area contributed by atoms with E-state index in [-0.39, 0.29) is 11.3 Å². The summed E-state index contributed by atoms with van der Waals surface area (Å²) in [4.78, 5) is 31.6. The number of amides is 1. The molecule has 3 heterocycles. The fourth-order valence-electron chi connectivity index (χ4n) is 4.84. The molecule has 6 rings (SSSR count). The van der Waals surface area contributed by atoms with Crippen molar-refractivity contribution in [2.45, 2.75) is 13.0 Å². The number of ether oxygens (including phenoxy) is 2. The molecule has 1 aromatic heterocycles. The van der Waals surface area contributed by atoms with Crippen LogP contribution in [0, 0.1) is 6.92 Å². The Balaban J connectivity index is 1.58. The second-order valence-electron chi connectivity index (χ2n) is 8.66. The molecule has 7 heteroatoms. The van der Waals surface area contributed by atoms with Crippen LogP contribution >= 0.6 is 0 Å². The van der Waals surface area contributed by atoms with Gasteiger partial charge in [0.15, 0.2) is 11.5 Å². The predicted molar refractivity (Wildman–Crippen MR) is 132 cm³/mol. The first-order chi connectivity index (χ1) is 17.0. The van der Waals surface area contributed by atoms with Crippen molar-refractivity contribution in [2.24, 2.45) is 0 Å². The zero-order valence-corrected chi connectivity index (χ0v) is 18.9. The number of hydrogen-bond acceptors (Lipinski definition) is 5. The predicted octanol–water partition coefficient (Wildman–Crippen LogP) is 4.87. The third kappa shape index (κ3) is 3.35. The van der Waals surface area contributed by atoms with Gasteiger partial charge in [0.2, 0.25) is 0 Å². The molecule has 0 bridgehead atoms. The molecule has 3 aromatic carbocycles. The van der Waals surface area contributed by atoms with Gasteiger partial charge in [-0.2, -0.15) is 0 Å². The van der Waals surface area contributed by atoms with E-state index in [1.807, 2.05) is 49.4 Å². The number of hydrogen-bond donors (Lipinski definition) is 2. The lowest BCUT2D eigenvalue weighted by Crippen LogP contribution is -2.29. The number of fused-ring (bicyclic) bond motifs is 2. The van der Waals surface area contributed by atoms with E-state index < -0.39 is 17.7 Å². The highest BCUT2D eigenvalue weighted by Gasteiger charge is 2.47. The van der Waals surface area contributed by atoms with Gasteiger partial charge in [-0.3, -0.25) is 14.5 Å². The van der Waals surface area contributed by atoms with E-state index in [4.69, 9.17) is 9.47 Å². The third-order valence-corrected chi connectivity index (χ3v) is 6.46. The normalized spacial score (nSPS) is 18.9. The van der Waals surface area contributed by atoms with Crippen molar-refractivity contribution in [1.29, 1.82) is 0 Å². The highest BCUT2D eigenvalue weighted by atomic mass is 16.6. The van der Waals surface area contributed by atoms with Crippen LogP contribution in [0.25, 0.3) is 16.7 Å². The number of carbonyl (C=O) groups excluding carboxylic acids is 2. The number of nitrogens with one attached hydrogen (secondary N) is 1. The third-order valence-electron chi connectivity index (χ3n) is 6.46. The van der Waals surface area contributed by atoms with Gasteiger partial charge in [-0.25, -0.2) is 0 Å². The average Bonchev–Trinajstić information content (AvgIpc) is 3.41. The van der Waals surface area contributed by atoms with Gasteiger partial charge in [-0.1, -0.05) is 30.3 Å². The Hall–Kier alpha value is -4.52. The molecule has 35 heavy (non-hydrogen) atoms. The summed E-state index contributed by atoms with van der Waals surface area (Å²) in [5, 5.41) is 12.3. The van der Waals surface area contributed by atoms with E-state index in [9.17, 15) is 14.7 Å². The molecule has 2 aliphatic heterocycles. The van der Waals surface area contributed by atoms with Crippen molar-refractivity contribution < 1.29 is 24.2 Å². The van der Waals surface area contributed by atoms with Crippen LogP contribution in [-0.4, -0.2) is 35.0 Å². The Bertz CT molecular complexity index is 1530. The zero-order chi connectivity index (χ0) is 24.1. The minimum atomic E-state index is -0.818. The SMILES string of the molecule is Cc1cccc(N2C(=O)C(=O)/C(=C(/O)c3ccc4c(c3)OCCO4)C2c2c[nH]c3ccccc23)c1. The lowest BCUT2D eigenvalue weighted by atomic mass is 9.94. The first kappa shape index (κ1) is 21.0. The number of ketones is 1. The number of aliphatic hydroxyl groups excluding tert-OH is 1. The Labute approximate surface area is 201 Å². The van der Waals surface area contributed by atoms with E-state index >= 15 is 0 Å². The van der Waals surface area contributed by atoms with Crippen LogP contribution in [-0.2, 0) is 9.59 Å². The summed E-state index contributed by atoms with van der Waals surface area (Å²) in [6, 6.07) is 19.3. The summed E-state index contributed by atoms with van der Waals surface area (Å²) < 4.78 is 11.2. The summed E-state index contributed by atoms with van der Waals surface area (Å²) in [5.41, 5.74) is 3.54. The first-order valence-electron chi connectivity index (χ1n) is 11.4. The number of aromatic amines is 1. The minimum absolute atomic E-state index is 0.0259. The van der Waals surface area contributed by atoms with Crippen LogP contribution in [0.15, 0.2) is 78.5 Å². The topological polar surface area (TPSA) is 91.9 Å². The van der Waals surface area contributed by atoms with E-state index in [0.29, 0.717) is 36.0 Å². The van der Waals surface area contributed by atoms with Crippen LogP contribution < -0.4 is 14.4 Å². The Morgan fingerprint density at radius 3 is 2.60 bits per heavy atom. The molecule has 7 nitrogen and oxygen atoms in total. The maximum absolute atomic E-state index is 13.4. The molecule has 1 amide bonds. The summed E-state index contributed by atoms with van der Waals surface area (Å²) in [5.74, 6) is -0.636. The molecule has 0 aliphatic carbocycles. The standard InChI is InChI=1S/C28H22N2O5/c1-16-5-4-6-18(13-16)30-25(20-15-29-21-8-3-2-7-19(20)21)24(27(32)28(30)33)26(31)17-9-10-22-23(14-17)35-12-11-34-22/h2-10,13-15,25,29,31H,11-12H2,1H3/b26-24+. The van der Waals surface area contributed by atoms with E-state index in [1.165, 1.54) is 4.90 Å². The molecule has 0 saturated carbocycles. The van der Waals surface area contributed by atoms with Gasteiger partial charge in [0.25, 0.3) is 11.7 Å². The Morgan fingerprint density at radius 1 is 0.971 bits per heavy atom. The fourth-order valence-corrected chi connectivity index (χ4v) is 4.84. The molecule has 1 saturated heterocycles. The van der Waals surface area contributed by atoms with Gasteiger partial charge < -0.3 is 19.6 Å². The second-order valence-corrected chi connectivity index (χ2v) is 8.66. The number of H-pyrrole nitrogens is 1. The summed E-state index contributed by atoms with van der Waals surface area (Å²) in [6.45, 7) is 2.76. The number of aromatic nitrogens is 1. The highest BCUT2D eigenvalue weighted by Crippen LogP contribution is 2.45. The lowest BCUT2D eigenvalue weighted by molar-refractivity contribution is -0.132. The van der Waals surface area contributed by atoms with Gasteiger partial charge in [-0.05, 0) is 48.9 Å². The van der Waals surface area contributed by atoms with Crippen molar-refractivity contribution in [3.8, 4) is 11.5 Å². The van der Waals surface area contributed by atoms with Crippen molar-refractivity contribution in [3.63, 3.8) is 0 Å². The van der Waals surface area contributed by atoms with Crippen molar-refractivity contribution in [3.05, 3.63) is 95.2 Å². The van der Waals surface area contributed by atoms with Crippen LogP contribution in [0.4, 0.5) is 5.69 Å². The molecule has 4 aromatic rings. The maximum atomic E-state index is 13.4. The fraction of sp³-hybridized carbons (Fsp3) is 0.143. The molecule has 0 radical (unpaired) electrons. The smallest absolute Gasteiger partial charge is 0.300 e. The Morgan fingerprint density at radius 2 is 1.77 bits per heavy atom.